The molecular formula is C15H13N3O4. The molecule has 0 radical (unpaired) electrons. The number of benzene rings is 1. The maximum absolute atomic E-state index is 11.9. The highest BCUT2D eigenvalue weighted by Crippen LogP contribution is 2.34. The van der Waals surface area contributed by atoms with Crippen LogP contribution in [0.4, 0.5) is 11.5 Å². The number of amides is 2. The summed E-state index contributed by atoms with van der Waals surface area (Å²) in [5.74, 6) is -0.142. The van der Waals surface area contributed by atoms with Gasteiger partial charge in [0.15, 0.2) is 11.5 Å². The molecule has 0 saturated carbocycles. The highest BCUT2D eigenvalue weighted by atomic mass is 16.7. The van der Waals surface area contributed by atoms with Gasteiger partial charge in [0.25, 0.3) is 0 Å². The summed E-state index contributed by atoms with van der Waals surface area (Å²) in [6.07, 6.45) is 1.60. The lowest BCUT2D eigenvalue weighted by atomic mass is 10.2. The van der Waals surface area contributed by atoms with Crippen LogP contribution in [0.2, 0.25) is 0 Å². The molecule has 2 aromatic rings. The summed E-state index contributed by atoms with van der Waals surface area (Å²) >= 11 is 0. The molecule has 0 spiro atoms. The number of nitrogens with one attached hydrogen (secondary N) is 2. The number of anilines is 2. The zero-order valence-corrected chi connectivity index (χ0v) is 11.8. The SMILES string of the molecule is Cc1ccc(NC(=O)C(=O)Nc2ccc3c(c2)OCO3)nc1. The van der Waals surface area contributed by atoms with E-state index < -0.39 is 11.8 Å². The van der Waals surface area contributed by atoms with Crippen molar-refractivity contribution in [3.8, 4) is 11.5 Å². The molecule has 112 valence electrons. The van der Waals surface area contributed by atoms with Gasteiger partial charge in [0.05, 0.1) is 0 Å². The topological polar surface area (TPSA) is 89.6 Å². The summed E-state index contributed by atoms with van der Waals surface area (Å²) in [7, 11) is 0. The van der Waals surface area contributed by atoms with Crippen LogP contribution in [-0.4, -0.2) is 23.6 Å². The van der Waals surface area contributed by atoms with E-state index in [1.807, 2.05) is 6.92 Å². The van der Waals surface area contributed by atoms with Crippen LogP contribution < -0.4 is 20.1 Å². The molecule has 1 aliphatic heterocycles. The van der Waals surface area contributed by atoms with Gasteiger partial charge in [0.1, 0.15) is 5.82 Å². The number of carbonyl (C=O) groups is 2. The van der Waals surface area contributed by atoms with Crippen molar-refractivity contribution in [2.75, 3.05) is 17.4 Å². The first-order chi connectivity index (χ1) is 10.6. The molecule has 0 saturated heterocycles. The zero-order valence-electron chi connectivity index (χ0n) is 11.8. The Bertz CT molecular complexity index is 728. The largest absolute Gasteiger partial charge is 0.454 e. The molecule has 1 aromatic carbocycles. The smallest absolute Gasteiger partial charge is 0.315 e. The number of fused-ring (bicyclic) bond motifs is 1. The number of hydrogen-bond donors (Lipinski definition) is 2. The molecule has 1 aliphatic rings. The van der Waals surface area contributed by atoms with Gasteiger partial charge in [-0.15, -0.1) is 0 Å². The Morgan fingerprint density at radius 1 is 1.05 bits per heavy atom. The number of rotatable bonds is 2. The Morgan fingerprint density at radius 2 is 1.82 bits per heavy atom. The van der Waals surface area contributed by atoms with Gasteiger partial charge < -0.3 is 20.1 Å². The lowest BCUT2D eigenvalue weighted by molar-refractivity contribution is -0.133. The maximum atomic E-state index is 11.9. The third-order valence-corrected chi connectivity index (χ3v) is 2.99. The monoisotopic (exact) mass is 299 g/mol. The average molecular weight is 299 g/mol. The molecule has 7 nitrogen and oxygen atoms in total. The summed E-state index contributed by atoms with van der Waals surface area (Å²) in [5, 5.41) is 4.91. The van der Waals surface area contributed by atoms with Crippen LogP contribution in [0.5, 0.6) is 11.5 Å². The van der Waals surface area contributed by atoms with E-state index in [2.05, 4.69) is 15.6 Å². The van der Waals surface area contributed by atoms with Gasteiger partial charge >= 0.3 is 11.8 Å². The Balaban J connectivity index is 1.63. The van der Waals surface area contributed by atoms with Crippen molar-refractivity contribution in [2.24, 2.45) is 0 Å². The van der Waals surface area contributed by atoms with E-state index in [0.717, 1.165) is 5.56 Å². The molecular weight excluding hydrogens is 286 g/mol. The molecule has 3 rings (SSSR count). The normalized spacial score (nSPS) is 11.9. The van der Waals surface area contributed by atoms with Gasteiger partial charge in [-0.1, -0.05) is 6.07 Å². The summed E-state index contributed by atoms with van der Waals surface area (Å²) in [6, 6.07) is 8.30. The first-order valence-electron chi connectivity index (χ1n) is 6.56. The lowest BCUT2D eigenvalue weighted by Crippen LogP contribution is -2.29. The van der Waals surface area contributed by atoms with E-state index in [0.29, 0.717) is 23.0 Å². The van der Waals surface area contributed by atoms with Crippen LogP contribution >= 0.6 is 0 Å². The van der Waals surface area contributed by atoms with Crippen molar-refractivity contribution in [3.63, 3.8) is 0 Å². The fraction of sp³-hybridized carbons (Fsp3) is 0.133. The molecule has 2 amide bonds. The van der Waals surface area contributed by atoms with Crippen molar-refractivity contribution in [2.45, 2.75) is 6.92 Å². The van der Waals surface area contributed by atoms with Crippen molar-refractivity contribution in [1.29, 1.82) is 0 Å². The molecule has 2 N–H and O–H groups in total. The van der Waals surface area contributed by atoms with Crippen LogP contribution in [-0.2, 0) is 9.59 Å². The summed E-state index contributed by atoms with van der Waals surface area (Å²) in [5.41, 5.74) is 1.41. The van der Waals surface area contributed by atoms with Crippen molar-refractivity contribution in [1.82, 2.24) is 4.98 Å². The van der Waals surface area contributed by atoms with Crippen LogP contribution in [0.1, 0.15) is 5.56 Å². The highest BCUT2D eigenvalue weighted by molar-refractivity contribution is 6.43. The summed E-state index contributed by atoms with van der Waals surface area (Å²) < 4.78 is 10.4. The van der Waals surface area contributed by atoms with Crippen LogP contribution in [0, 0.1) is 6.92 Å². The van der Waals surface area contributed by atoms with Gasteiger partial charge in [-0.3, -0.25) is 9.59 Å². The number of aryl methyl sites for hydroxylation is 1. The van der Waals surface area contributed by atoms with Gasteiger partial charge in [-0.05, 0) is 30.7 Å². The fourth-order valence-electron chi connectivity index (χ4n) is 1.88. The average Bonchev–Trinajstić information content (AvgIpc) is 2.97. The summed E-state index contributed by atoms with van der Waals surface area (Å²) in [6.45, 7) is 2.03. The molecule has 2 heterocycles. The first kappa shape index (κ1) is 13.9. The molecule has 0 aliphatic carbocycles. The second-order valence-corrected chi connectivity index (χ2v) is 4.70. The Labute approximate surface area is 126 Å². The quantitative estimate of drug-likeness (QED) is 0.824. The maximum Gasteiger partial charge on any atom is 0.315 e. The van der Waals surface area contributed by atoms with Crippen molar-refractivity contribution < 1.29 is 19.1 Å². The summed E-state index contributed by atoms with van der Waals surface area (Å²) in [4.78, 5) is 27.7. The standard InChI is InChI=1S/C15H13N3O4/c1-9-2-5-13(16-7-9)18-15(20)14(19)17-10-3-4-11-12(6-10)22-8-21-11/h2-7H,8H2,1H3,(H,17,19)(H,16,18,20). The predicted octanol–water partition coefficient (Wildman–Crippen LogP) is 1.70. The Morgan fingerprint density at radius 3 is 2.59 bits per heavy atom. The third-order valence-electron chi connectivity index (χ3n) is 2.99. The lowest BCUT2D eigenvalue weighted by Gasteiger charge is -2.07. The number of pyridine rings is 1. The molecule has 0 atom stereocenters. The molecule has 1 aromatic heterocycles. The molecule has 0 bridgehead atoms. The Kier molecular flexibility index (Phi) is 3.61. The molecule has 0 unspecified atom stereocenters. The van der Waals surface area contributed by atoms with E-state index in [-0.39, 0.29) is 6.79 Å². The zero-order chi connectivity index (χ0) is 15.5. The van der Waals surface area contributed by atoms with Crippen molar-refractivity contribution >= 4 is 23.3 Å². The number of aromatic nitrogens is 1. The minimum absolute atomic E-state index is 0.145. The van der Waals surface area contributed by atoms with Gasteiger partial charge in [-0.2, -0.15) is 0 Å². The number of hydrogen-bond acceptors (Lipinski definition) is 5. The minimum atomic E-state index is -0.797. The van der Waals surface area contributed by atoms with Crippen LogP contribution in [0.25, 0.3) is 0 Å². The van der Waals surface area contributed by atoms with Gasteiger partial charge in [-0.25, -0.2) is 4.98 Å². The number of nitrogens with zero attached hydrogens (tertiary/aromatic N) is 1. The van der Waals surface area contributed by atoms with E-state index >= 15 is 0 Å². The van der Waals surface area contributed by atoms with Gasteiger partial charge in [0.2, 0.25) is 6.79 Å². The third kappa shape index (κ3) is 2.98. The van der Waals surface area contributed by atoms with E-state index in [1.165, 1.54) is 0 Å². The van der Waals surface area contributed by atoms with E-state index in [9.17, 15) is 9.59 Å². The highest BCUT2D eigenvalue weighted by Gasteiger charge is 2.17. The second-order valence-electron chi connectivity index (χ2n) is 4.70. The first-order valence-corrected chi connectivity index (χ1v) is 6.56. The van der Waals surface area contributed by atoms with E-state index in [4.69, 9.17) is 9.47 Å². The van der Waals surface area contributed by atoms with Crippen molar-refractivity contribution in [3.05, 3.63) is 42.1 Å². The fourth-order valence-corrected chi connectivity index (χ4v) is 1.88. The van der Waals surface area contributed by atoms with Crippen LogP contribution in [0.15, 0.2) is 36.5 Å². The van der Waals surface area contributed by atoms with E-state index in [1.54, 1.807) is 36.5 Å². The van der Waals surface area contributed by atoms with Crippen LogP contribution in [0.3, 0.4) is 0 Å². The molecule has 0 fully saturated rings. The molecule has 7 heteroatoms. The molecule has 22 heavy (non-hydrogen) atoms. The van der Waals surface area contributed by atoms with Gasteiger partial charge in [0, 0.05) is 18.0 Å². The Hall–Kier alpha value is -3.09. The number of carbonyl (C=O) groups excluding carboxylic acids is 2. The number of ether oxygens (including phenoxy) is 2. The predicted molar refractivity (Wildman–Crippen MR) is 78.8 cm³/mol. The second kappa shape index (κ2) is 5.72. The minimum Gasteiger partial charge on any atom is -0.454 e.